The van der Waals surface area contributed by atoms with Crippen molar-refractivity contribution in [1.29, 1.82) is 0 Å². The molecule has 4 heteroatoms. The Morgan fingerprint density at radius 3 is 1.00 bits per heavy atom. The fraction of sp³-hybridized carbons (Fsp3) is 0. The van der Waals surface area contributed by atoms with Gasteiger partial charge >= 0.3 is 0 Å². The molecule has 4 heavy (non-hydrogen) atoms. The minimum atomic E-state index is 0. The quantitative estimate of drug-likeness (QED) is 0.472. The average Bonchev–Trinajstić information content (AvgIpc) is 0. The molecule has 0 rings (SSSR count). The third-order valence-electron chi connectivity index (χ3n) is 0. The van der Waals surface area contributed by atoms with Crippen LogP contribution in [0.2, 0.25) is 0 Å². The molecule has 0 atom stereocenters. The summed E-state index contributed by atoms with van der Waals surface area (Å²) in [5, 5.41) is 0. The minimum absolute atomic E-state index is 0. The Bertz CT molecular complexity index is 8.00. The maximum Gasteiger partial charge on any atom is 0 e. The smallest absolute Gasteiger partial charge is 0 e. The van der Waals surface area contributed by atoms with E-state index in [0.29, 0.717) is 0 Å². The molecule has 18 valence electrons. The van der Waals surface area contributed by atoms with Crippen LogP contribution in [0.5, 0.6) is 0 Å². The van der Waals surface area contributed by atoms with Gasteiger partial charge in [0.25, 0.3) is 0 Å². The van der Waals surface area contributed by atoms with E-state index in [9.17, 15) is 0 Å². The van der Waals surface area contributed by atoms with Crippen molar-refractivity contribution in [3.63, 3.8) is 0 Å². The fourth-order valence-corrected chi connectivity index (χ4v) is 0. The van der Waals surface area contributed by atoms with Gasteiger partial charge in [-0.2, -0.15) is 0 Å². The summed E-state index contributed by atoms with van der Waals surface area (Å²) in [6, 6.07) is 0. The van der Waals surface area contributed by atoms with Gasteiger partial charge in [0.05, 0.1) is 0 Å². The van der Waals surface area contributed by atoms with Crippen LogP contribution in [0.25, 0.3) is 0 Å². The Morgan fingerprint density at radius 2 is 1.00 bits per heavy atom. The molecule has 0 aromatic rings. The van der Waals surface area contributed by atoms with Crippen LogP contribution in [0.15, 0.2) is 0 Å². The van der Waals surface area contributed by atoms with Crippen LogP contribution in [0.4, 0.5) is 0 Å². The predicted molar refractivity (Wildman–Crippen MR) is 5.75 cm³/mol. The standard InChI is InChI=1S/Ge.Nb.Re.Zn. The van der Waals surface area contributed by atoms with E-state index < -0.39 is 0 Å². The van der Waals surface area contributed by atoms with Crippen LogP contribution in [-0.2, 0) is 62.3 Å². The van der Waals surface area contributed by atoms with Crippen molar-refractivity contribution in [2.45, 2.75) is 0 Å². The van der Waals surface area contributed by atoms with Crippen LogP contribution in [0.3, 0.4) is 0 Å². The van der Waals surface area contributed by atoms with Crippen LogP contribution in [0, 0.1) is 0 Å². The molecular weight excluding hydrogens is 417 g/mol. The van der Waals surface area contributed by atoms with Crippen molar-refractivity contribution in [3.05, 3.63) is 0 Å². The van der Waals surface area contributed by atoms with Crippen molar-refractivity contribution >= 4 is 17.6 Å². The van der Waals surface area contributed by atoms with Crippen molar-refractivity contribution in [1.82, 2.24) is 0 Å². The molecule has 0 unspecified atom stereocenters. The van der Waals surface area contributed by atoms with Gasteiger partial charge in [-0.05, 0) is 0 Å². The molecule has 6 radical (unpaired) electrons. The van der Waals surface area contributed by atoms with E-state index in [1.165, 1.54) is 0 Å². The van der Waals surface area contributed by atoms with Gasteiger partial charge in [0.1, 0.15) is 0 Å². The summed E-state index contributed by atoms with van der Waals surface area (Å²) in [5.74, 6) is 0. The zero-order valence-electron chi connectivity index (χ0n) is 2.03. The molecule has 0 amide bonds. The Morgan fingerprint density at radius 1 is 1.00 bits per heavy atom. The topological polar surface area (TPSA) is 0 Å². The molecule has 0 saturated heterocycles. The van der Waals surface area contributed by atoms with Crippen LogP contribution in [-0.4, -0.2) is 17.6 Å². The van der Waals surface area contributed by atoms with E-state index in [1.54, 1.807) is 0 Å². The van der Waals surface area contributed by atoms with E-state index in [1.807, 2.05) is 0 Å². The van der Waals surface area contributed by atoms with Crippen molar-refractivity contribution in [2.24, 2.45) is 0 Å². The third-order valence-corrected chi connectivity index (χ3v) is 0. The van der Waals surface area contributed by atoms with Gasteiger partial charge in [-0.1, -0.05) is 0 Å². The molecule has 0 aliphatic rings. The first-order chi connectivity index (χ1) is 0. The molecule has 0 N–H and O–H groups in total. The van der Waals surface area contributed by atoms with Crippen molar-refractivity contribution in [3.8, 4) is 0 Å². The normalized spacial score (nSPS) is 0. The zero-order chi connectivity index (χ0) is 0. The second kappa shape index (κ2) is 17.6. The summed E-state index contributed by atoms with van der Waals surface area (Å²) >= 11 is 0. The second-order valence-electron chi connectivity index (χ2n) is 0. The van der Waals surface area contributed by atoms with Gasteiger partial charge < -0.3 is 0 Å². The molecule has 0 heterocycles. The zero-order valence-corrected chi connectivity index (χ0v) is 12.0. The Kier molecular flexibility index (Phi) is 136. The van der Waals surface area contributed by atoms with Gasteiger partial charge in [0, 0.05) is 79.9 Å². The summed E-state index contributed by atoms with van der Waals surface area (Å²) in [6.07, 6.45) is 0. The first kappa shape index (κ1) is 30.9. The van der Waals surface area contributed by atoms with Crippen LogP contribution in [0.1, 0.15) is 0 Å². The molecular formula is GeNbReZn. The first-order valence-electron chi connectivity index (χ1n) is 0. The van der Waals surface area contributed by atoms with Gasteiger partial charge in [-0.25, -0.2) is 0 Å². The maximum atomic E-state index is 0. The molecule has 0 spiro atoms. The van der Waals surface area contributed by atoms with E-state index >= 15 is 0 Å². The van der Waals surface area contributed by atoms with E-state index in [4.69, 9.17) is 0 Å². The summed E-state index contributed by atoms with van der Waals surface area (Å²) < 4.78 is 0. The Balaban J connectivity index is 0. The summed E-state index contributed by atoms with van der Waals surface area (Å²) in [7, 11) is 0. The van der Waals surface area contributed by atoms with Crippen LogP contribution < -0.4 is 0 Å². The first-order valence-corrected chi connectivity index (χ1v) is 0. The molecule has 0 bridgehead atoms. The Hall–Kier alpha value is 2.57. The van der Waals surface area contributed by atoms with Crippen LogP contribution >= 0.6 is 0 Å². The van der Waals surface area contributed by atoms with E-state index in [-0.39, 0.29) is 79.9 Å². The fourth-order valence-electron chi connectivity index (χ4n) is 0. The number of hydrogen-bond donors (Lipinski definition) is 0. The van der Waals surface area contributed by atoms with Gasteiger partial charge in [-0.15, -0.1) is 0 Å². The summed E-state index contributed by atoms with van der Waals surface area (Å²) in [5.41, 5.74) is 0. The van der Waals surface area contributed by atoms with E-state index in [0.717, 1.165) is 0 Å². The molecule has 0 aromatic heterocycles. The SMILES string of the molecule is [Ge].[Nb].[Re].[Zn]. The Labute approximate surface area is 78.8 Å². The molecule has 0 fully saturated rings. The minimum Gasteiger partial charge on any atom is 0 e. The van der Waals surface area contributed by atoms with Gasteiger partial charge in [-0.3, -0.25) is 0 Å². The van der Waals surface area contributed by atoms with Gasteiger partial charge in [0.2, 0.25) is 0 Å². The third kappa shape index (κ3) is 8.82. The molecule has 0 aliphatic heterocycles. The largest absolute Gasteiger partial charge is 0 e. The maximum absolute atomic E-state index is 0. The molecule has 0 aromatic carbocycles. The van der Waals surface area contributed by atoms with E-state index in [2.05, 4.69) is 0 Å². The summed E-state index contributed by atoms with van der Waals surface area (Å²) in [4.78, 5) is 0. The number of hydrogen-bond acceptors (Lipinski definition) is 0. The molecule has 0 nitrogen and oxygen atoms in total. The van der Waals surface area contributed by atoms with Crippen molar-refractivity contribution in [2.75, 3.05) is 0 Å². The summed E-state index contributed by atoms with van der Waals surface area (Å²) in [6.45, 7) is 0. The monoisotopic (exact) mass is 418 g/mol. The average molecular weight is 417 g/mol. The molecule has 0 saturated carbocycles. The molecule has 0 aliphatic carbocycles. The van der Waals surface area contributed by atoms with Crippen molar-refractivity contribution < 1.29 is 62.3 Å². The predicted octanol–water partition coefficient (Wildman–Crippen LogP) is -0.388. The van der Waals surface area contributed by atoms with Gasteiger partial charge in [0.15, 0.2) is 0 Å². The number of rotatable bonds is 0. The second-order valence-corrected chi connectivity index (χ2v) is 0.